The molecule has 4 nitrogen and oxygen atoms in total. The lowest BCUT2D eigenvalue weighted by atomic mass is 9.79. The van der Waals surface area contributed by atoms with Crippen LogP contribution in [0.25, 0.3) is 0 Å². The molecule has 0 aliphatic heterocycles. The minimum atomic E-state index is -0.105. The standard InChI is InChI=1S/C27H28NO3.BrH/c1-18-4-6-20(7-5-18)16-28-13-12-22(26(17-28)19(2)29)14-23-9-8-21-15-24(31-3)10-11-25(21)27(23)30;/h4-7,10-13,15,17,23H,8-9,14,16H2,1-3H3;1H/q+1;/p-1. The van der Waals surface area contributed by atoms with E-state index in [-0.39, 0.29) is 34.5 Å². The van der Waals surface area contributed by atoms with Crippen molar-refractivity contribution in [1.29, 1.82) is 0 Å². The van der Waals surface area contributed by atoms with Gasteiger partial charge < -0.3 is 21.7 Å². The molecule has 1 aliphatic carbocycles. The number of carbonyl (C=O) groups excluding carboxylic acids is 2. The summed E-state index contributed by atoms with van der Waals surface area (Å²) in [6, 6.07) is 16.1. The van der Waals surface area contributed by atoms with Crippen molar-refractivity contribution in [3.05, 3.63) is 94.3 Å². The fourth-order valence-electron chi connectivity index (χ4n) is 4.35. The van der Waals surface area contributed by atoms with Crippen molar-refractivity contribution >= 4 is 11.6 Å². The molecule has 0 N–H and O–H groups in total. The Labute approximate surface area is 200 Å². The molecule has 0 bridgehead atoms. The molecule has 1 aromatic heterocycles. The Hall–Kier alpha value is -2.79. The lowest BCUT2D eigenvalue weighted by molar-refractivity contribution is -0.688. The zero-order valence-corrected chi connectivity index (χ0v) is 20.3. The van der Waals surface area contributed by atoms with Crippen LogP contribution in [0.5, 0.6) is 5.75 Å². The number of methoxy groups -OCH3 is 1. The molecule has 32 heavy (non-hydrogen) atoms. The third-order valence-electron chi connectivity index (χ3n) is 6.15. The van der Waals surface area contributed by atoms with Gasteiger partial charge in [0, 0.05) is 23.1 Å². The normalized spacial score (nSPS) is 15.0. The monoisotopic (exact) mass is 493 g/mol. The highest BCUT2D eigenvalue weighted by Crippen LogP contribution is 2.31. The molecular weight excluding hydrogens is 466 g/mol. The van der Waals surface area contributed by atoms with E-state index in [2.05, 4.69) is 31.2 Å². The van der Waals surface area contributed by atoms with Gasteiger partial charge in [0.2, 0.25) is 0 Å². The Morgan fingerprint density at radius 2 is 1.88 bits per heavy atom. The second kappa shape index (κ2) is 10.2. The smallest absolute Gasteiger partial charge is 0.180 e. The van der Waals surface area contributed by atoms with Gasteiger partial charge in [-0.25, -0.2) is 4.57 Å². The van der Waals surface area contributed by atoms with Crippen molar-refractivity contribution < 1.29 is 35.9 Å². The molecule has 0 spiro atoms. The van der Waals surface area contributed by atoms with Crippen LogP contribution in [0.2, 0.25) is 0 Å². The fraction of sp³-hybridized carbons (Fsp3) is 0.296. The molecule has 3 aromatic rings. The Bertz CT molecular complexity index is 1140. The summed E-state index contributed by atoms with van der Waals surface area (Å²) in [5.74, 6) is 0.869. The molecule has 1 unspecified atom stereocenters. The number of aromatic nitrogens is 1. The van der Waals surface area contributed by atoms with Crippen molar-refractivity contribution in [3.8, 4) is 5.75 Å². The average molecular weight is 494 g/mol. The summed E-state index contributed by atoms with van der Waals surface area (Å²) in [7, 11) is 1.64. The van der Waals surface area contributed by atoms with Crippen LogP contribution in [0.3, 0.4) is 0 Å². The third-order valence-corrected chi connectivity index (χ3v) is 6.15. The van der Waals surface area contributed by atoms with Crippen molar-refractivity contribution in [2.24, 2.45) is 5.92 Å². The maximum Gasteiger partial charge on any atom is 0.180 e. The number of halogens is 1. The van der Waals surface area contributed by atoms with E-state index in [4.69, 9.17) is 4.74 Å². The largest absolute Gasteiger partial charge is 1.00 e. The van der Waals surface area contributed by atoms with Gasteiger partial charge in [-0.05, 0) is 62.4 Å². The number of rotatable bonds is 6. The molecule has 1 atom stereocenters. The highest BCUT2D eigenvalue weighted by Gasteiger charge is 2.29. The third kappa shape index (κ3) is 5.16. The maximum absolute atomic E-state index is 13.1. The van der Waals surface area contributed by atoms with E-state index in [1.807, 2.05) is 41.2 Å². The summed E-state index contributed by atoms with van der Waals surface area (Å²) in [6.45, 7) is 4.37. The van der Waals surface area contributed by atoms with E-state index >= 15 is 0 Å². The van der Waals surface area contributed by atoms with Crippen LogP contribution in [-0.4, -0.2) is 18.7 Å². The number of hydrogen-bond acceptors (Lipinski definition) is 3. The summed E-state index contributed by atoms with van der Waals surface area (Å²) in [6.07, 6.45) is 6.15. The van der Waals surface area contributed by atoms with Crippen LogP contribution in [-0.2, 0) is 19.4 Å². The SMILES string of the molecule is COc1ccc2c(c1)CCC(Cc1cc[n+](Cc3ccc(C)cc3)cc1C(C)=O)C2=O.[Br-]. The van der Waals surface area contributed by atoms with Gasteiger partial charge in [-0.1, -0.05) is 29.8 Å². The lowest BCUT2D eigenvalue weighted by Gasteiger charge is -2.24. The highest BCUT2D eigenvalue weighted by molar-refractivity contribution is 6.01. The van der Waals surface area contributed by atoms with Gasteiger partial charge in [0.1, 0.15) is 5.75 Å². The van der Waals surface area contributed by atoms with Crippen LogP contribution in [0, 0.1) is 12.8 Å². The van der Waals surface area contributed by atoms with Crippen molar-refractivity contribution in [3.63, 3.8) is 0 Å². The van der Waals surface area contributed by atoms with Crippen LogP contribution < -0.4 is 26.3 Å². The van der Waals surface area contributed by atoms with E-state index in [9.17, 15) is 9.59 Å². The average Bonchev–Trinajstić information content (AvgIpc) is 2.77. The van der Waals surface area contributed by atoms with Gasteiger partial charge in [-0.3, -0.25) is 9.59 Å². The number of ketones is 2. The van der Waals surface area contributed by atoms with E-state index in [1.165, 1.54) is 11.1 Å². The second-order valence-corrected chi connectivity index (χ2v) is 8.42. The van der Waals surface area contributed by atoms with Crippen LogP contribution in [0.15, 0.2) is 60.9 Å². The number of aryl methyl sites for hydroxylation is 2. The number of nitrogens with zero attached hydrogens (tertiary/aromatic N) is 1. The van der Waals surface area contributed by atoms with Gasteiger partial charge in [0.15, 0.2) is 30.5 Å². The maximum atomic E-state index is 13.1. The van der Waals surface area contributed by atoms with Crippen molar-refractivity contribution in [2.45, 2.75) is 39.7 Å². The molecule has 0 fully saturated rings. The molecule has 0 amide bonds. The first-order valence-electron chi connectivity index (χ1n) is 10.7. The predicted octanol–water partition coefficient (Wildman–Crippen LogP) is 1.53. The highest BCUT2D eigenvalue weighted by atomic mass is 79.9. The summed E-state index contributed by atoms with van der Waals surface area (Å²) < 4.78 is 7.33. The van der Waals surface area contributed by atoms with Gasteiger partial charge in [-0.15, -0.1) is 0 Å². The van der Waals surface area contributed by atoms with E-state index in [1.54, 1.807) is 14.0 Å². The number of Topliss-reactive ketones (excluding diaryl/α,β-unsaturated/α-hetero) is 2. The molecule has 2 aromatic carbocycles. The molecule has 5 heteroatoms. The quantitative estimate of drug-likeness (QED) is 0.386. The fourth-order valence-corrected chi connectivity index (χ4v) is 4.35. The minimum Gasteiger partial charge on any atom is -1.00 e. The van der Waals surface area contributed by atoms with E-state index in [0.29, 0.717) is 18.5 Å². The molecule has 1 heterocycles. The molecular formula is C27H28BrNO3. The Morgan fingerprint density at radius 1 is 1.12 bits per heavy atom. The molecule has 166 valence electrons. The van der Waals surface area contributed by atoms with Gasteiger partial charge in [0.05, 0.1) is 12.7 Å². The van der Waals surface area contributed by atoms with Crippen LogP contribution in [0.1, 0.15) is 56.3 Å². The number of carbonyl (C=O) groups is 2. The number of pyridine rings is 1. The van der Waals surface area contributed by atoms with Gasteiger partial charge >= 0.3 is 0 Å². The zero-order chi connectivity index (χ0) is 22.0. The first-order chi connectivity index (χ1) is 14.9. The molecule has 0 saturated carbocycles. The Morgan fingerprint density at radius 3 is 2.56 bits per heavy atom. The Balaban J connectivity index is 0.00000289. The number of hydrogen-bond donors (Lipinski definition) is 0. The number of ether oxygens (including phenoxy) is 1. The molecule has 4 rings (SSSR count). The van der Waals surface area contributed by atoms with Gasteiger partial charge in [0.25, 0.3) is 0 Å². The number of benzene rings is 2. The van der Waals surface area contributed by atoms with E-state index < -0.39 is 0 Å². The van der Waals surface area contributed by atoms with Crippen LogP contribution in [0.4, 0.5) is 0 Å². The van der Waals surface area contributed by atoms with Gasteiger partial charge in [-0.2, -0.15) is 0 Å². The lowest BCUT2D eigenvalue weighted by Crippen LogP contribution is -3.00. The van der Waals surface area contributed by atoms with E-state index in [0.717, 1.165) is 35.3 Å². The van der Waals surface area contributed by atoms with Crippen molar-refractivity contribution in [2.75, 3.05) is 7.11 Å². The second-order valence-electron chi connectivity index (χ2n) is 8.42. The molecule has 0 saturated heterocycles. The zero-order valence-electron chi connectivity index (χ0n) is 18.7. The summed E-state index contributed by atoms with van der Waals surface area (Å²) in [4.78, 5) is 25.5. The number of fused-ring (bicyclic) bond motifs is 1. The minimum absolute atomic E-state index is 0. The Kier molecular flexibility index (Phi) is 7.62. The first-order valence-corrected chi connectivity index (χ1v) is 10.7. The first kappa shape index (κ1) is 23.9. The van der Waals surface area contributed by atoms with Crippen LogP contribution >= 0.6 is 0 Å². The summed E-state index contributed by atoms with van der Waals surface area (Å²) >= 11 is 0. The predicted molar refractivity (Wildman–Crippen MR) is 120 cm³/mol. The topological polar surface area (TPSA) is 47.2 Å². The summed E-state index contributed by atoms with van der Waals surface area (Å²) in [5, 5.41) is 0. The van der Waals surface area contributed by atoms with Crippen molar-refractivity contribution in [1.82, 2.24) is 0 Å². The molecule has 1 aliphatic rings. The summed E-state index contributed by atoms with van der Waals surface area (Å²) in [5.41, 5.74) is 5.90. The molecule has 0 radical (unpaired) electrons.